The molecular formula is C21H31N3O3. The van der Waals surface area contributed by atoms with Crippen LogP contribution in [0.4, 0.5) is 4.79 Å². The molecule has 0 aromatic heterocycles. The van der Waals surface area contributed by atoms with Crippen LogP contribution in [0.15, 0.2) is 18.2 Å². The molecule has 0 saturated carbocycles. The van der Waals surface area contributed by atoms with Crippen molar-refractivity contribution >= 4 is 11.9 Å². The van der Waals surface area contributed by atoms with Gasteiger partial charge < -0.3 is 19.9 Å². The van der Waals surface area contributed by atoms with E-state index >= 15 is 0 Å². The molecule has 27 heavy (non-hydrogen) atoms. The molecule has 6 nitrogen and oxygen atoms in total. The third kappa shape index (κ3) is 5.15. The first-order valence-electron chi connectivity index (χ1n) is 10.1. The molecule has 0 spiro atoms. The first-order valence-corrected chi connectivity index (χ1v) is 10.1. The zero-order chi connectivity index (χ0) is 19.2. The largest absolute Gasteiger partial charge is 0.490 e. The number of nitrogens with one attached hydrogen (secondary N) is 1. The molecule has 1 aromatic carbocycles. The molecule has 6 heteroatoms. The van der Waals surface area contributed by atoms with Crippen LogP contribution in [0.3, 0.4) is 0 Å². The van der Waals surface area contributed by atoms with Crippen molar-refractivity contribution in [1.29, 1.82) is 0 Å². The second-order valence-corrected chi connectivity index (χ2v) is 7.60. The summed E-state index contributed by atoms with van der Waals surface area (Å²) in [6, 6.07) is 6.09. The topological polar surface area (TPSA) is 61.9 Å². The van der Waals surface area contributed by atoms with Gasteiger partial charge in [0, 0.05) is 52.0 Å². The summed E-state index contributed by atoms with van der Waals surface area (Å²) in [5.41, 5.74) is 2.30. The Morgan fingerprint density at radius 1 is 1.04 bits per heavy atom. The highest BCUT2D eigenvalue weighted by Gasteiger charge is 2.25. The first-order chi connectivity index (χ1) is 13.0. The van der Waals surface area contributed by atoms with Gasteiger partial charge in [0.15, 0.2) is 0 Å². The molecule has 0 unspecified atom stereocenters. The van der Waals surface area contributed by atoms with Gasteiger partial charge >= 0.3 is 6.03 Å². The van der Waals surface area contributed by atoms with Gasteiger partial charge in [-0.05, 0) is 37.8 Å². The number of likely N-dealkylation sites (tertiary alicyclic amines) is 2. The average Bonchev–Trinajstić information content (AvgIpc) is 3.20. The van der Waals surface area contributed by atoms with E-state index in [0.29, 0.717) is 26.1 Å². The maximum atomic E-state index is 12.3. The maximum Gasteiger partial charge on any atom is 0.317 e. The summed E-state index contributed by atoms with van der Waals surface area (Å²) in [5, 5.41) is 2.89. The van der Waals surface area contributed by atoms with E-state index in [1.54, 1.807) is 0 Å². The second-order valence-electron chi connectivity index (χ2n) is 7.60. The van der Waals surface area contributed by atoms with E-state index < -0.39 is 0 Å². The van der Waals surface area contributed by atoms with Gasteiger partial charge in [0.05, 0.1) is 0 Å². The standard InChI is InChI=1S/C21H31N3O3/c1-16-6-5-7-17(2)20(16)27-18-9-14-24(15-10-18)21(26)22-11-8-19(25)23-12-3-4-13-23/h5-7,18H,3-4,8-15H2,1-2H3,(H,22,26). The lowest BCUT2D eigenvalue weighted by atomic mass is 10.1. The molecule has 0 atom stereocenters. The number of carbonyl (C=O) groups is 2. The number of para-hydroxylation sites is 1. The van der Waals surface area contributed by atoms with Crippen molar-refractivity contribution < 1.29 is 14.3 Å². The molecule has 148 valence electrons. The van der Waals surface area contributed by atoms with E-state index in [-0.39, 0.29) is 18.0 Å². The summed E-state index contributed by atoms with van der Waals surface area (Å²) in [7, 11) is 0. The third-order valence-electron chi connectivity index (χ3n) is 5.50. The van der Waals surface area contributed by atoms with Crippen LogP contribution < -0.4 is 10.1 Å². The molecule has 0 radical (unpaired) electrons. The number of rotatable bonds is 5. The van der Waals surface area contributed by atoms with Gasteiger partial charge in [-0.15, -0.1) is 0 Å². The van der Waals surface area contributed by atoms with Crippen LogP contribution in [0, 0.1) is 13.8 Å². The van der Waals surface area contributed by atoms with Gasteiger partial charge in [-0.25, -0.2) is 4.79 Å². The zero-order valence-corrected chi connectivity index (χ0v) is 16.5. The maximum absolute atomic E-state index is 12.3. The van der Waals surface area contributed by atoms with E-state index in [1.807, 2.05) is 15.9 Å². The number of aryl methyl sites for hydroxylation is 2. The number of carbonyl (C=O) groups excluding carboxylic acids is 2. The van der Waals surface area contributed by atoms with Crippen molar-refractivity contribution in [2.24, 2.45) is 0 Å². The van der Waals surface area contributed by atoms with Gasteiger partial charge in [0.2, 0.25) is 5.91 Å². The van der Waals surface area contributed by atoms with Crippen molar-refractivity contribution in [2.45, 2.75) is 52.1 Å². The van der Waals surface area contributed by atoms with E-state index in [4.69, 9.17) is 4.74 Å². The van der Waals surface area contributed by atoms with Crippen molar-refractivity contribution in [1.82, 2.24) is 15.1 Å². The molecular weight excluding hydrogens is 342 g/mol. The Morgan fingerprint density at radius 3 is 2.30 bits per heavy atom. The van der Waals surface area contributed by atoms with Crippen molar-refractivity contribution in [2.75, 3.05) is 32.7 Å². The number of hydrogen-bond acceptors (Lipinski definition) is 3. The fraction of sp³-hybridized carbons (Fsp3) is 0.619. The average molecular weight is 373 g/mol. The van der Waals surface area contributed by atoms with E-state index in [1.165, 1.54) is 0 Å². The Labute approximate surface area is 161 Å². The summed E-state index contributed by atoms with van der Waals surface area (Å²) in [6.07, 6.45) is 4.37. The van der Waals surface area contributed by atoms with Gasteiger partial charge in [0.25, 0.3) is 0 Å². The minimum absolute atomic E-state index is 0.0743. The van der Waals surface area contributed by atoms with Crippen LogP contribution in [0.5, 0.6) is 5.75 Å². The summed E-state index contributed by atoms with van der Waals surface area (Å²) in [6.45, 7) is 7.63. The Hall–Kier alpha value is -2.24. The van der Waals surface area contributed by atoms with Gasteiger partial charge in [-0.2, -0.15) is 0 Å². The van der Waals surface area contributed by atoms with Crippen LogP contribution in [0.25, 0.3) is 0 Å². The highest BCUT2D eigenvalue weighted by molar-refractivity contribution is 5.78. The molecule has 0 aliphatic carbocycles. The second kappa shape index (κ2) is 9.11. The number of amides is 3. The van der Waals surface area contributed by atoms with Crippen molar-refractivity contribution in [3.05, 3.63) is 29.3 Å². The van der Waals surface area contributed by atoms with E-state index in [0.717, 1.165) is 55.6 Å². The predicted octanol–water partition coefficient (Wildman–Crippen LogP) is 2.87. The fourth-order valence-electron chi connectivity index (χ4n) is 3.84. The molecule has 2 saturated heterocycles. The first kappa shape index (κ1) is 19.5. The van der Waals surface area contributed by atoms with Gasteiger partial charge in [-0.1, -0.05) is 18.2 Å². The molecule has 2 heterocycles. The van der Waals surface area contributed by atoms with Crippen LogP contribution in [-0.2, 0) is 4.79 Å². The normalized spacial score (nSPS) is 17.9. The quantitative estimate of drug-likeness (QED) is 0.863. The molecule has 3 amide bonds. The van der Waals surface area contributed by atoms with Crippen LogP contribution >= 0.6 is 0 Å². The van der Waals surface area contributed by atoms with Crippen molar-refractivity contribution in [3.8, 4) is 5.75 Å². The van der Waals surface area contributed by atoms with Gasteiger partial charge in [0.1, 0.15) is 11.9 Å². The lowest BCUT2D eigenvalue weighted by Crippen LogP contribution is -2.47. The highest BCUT2D eigenvalue weighted by atomic mass is 16.5. The molecule has 2 aliphatic rings. The molecule has 2 aliphatic heterocycles. The lowest BCUT2D eigenvalue weighted by molar-refractivity contribution is -0.129. The monoisotopic (exact) mass is 373 g/mol. The summed E-state index contributed by atoms with van der Waals surface area (Å²) in [4.78, 5) is 28.1. The Balaban J connectivity index is 1.38. The molecule has 1 N–H and O–H groups in total. The van der Waals surface area contributed by atoms with E-state index in [2.05, 4.69) is 31.3 Å². The molecule has 2 fully saturated rings. The number of hydrogen-bond donors (Lipinski definition) is 1. The number of benzene rings is 1. The minimum Gasteiger partial charge on any atom is -0.490 e. The van der Waals surface area contributed by atoms with Crippen LogP contribution in [0.2, 0.25) is 0 Å². The molecule has 0 bridgehead atoms. The summed E-state index contributed by atoms with van der Waals surface area (Å²) >= 11 is 0. The van der Waals surface area contributed by atoms with E-state index in [9.17, 15) is 9.59 Å². The minimum atomic E-state index is -0.0743. The molecule has 3 rings (SSSR count). The Morgan fingerprint density at radius 2 is 1.67 bits per heavy atom. The number of ether oxygens (including phenoxy) is 1. The molecule has 1 aromatic rings. The predicted molar refractivity (Wildman–Crippen MR) is 105 cm³/mol. The zero-order valence-electron chi connectivity index (χ0n) is 16.5. The Bertz CT molecular complexity index is 642. The SMILES string of the molecule is Cc1cccc(C)c1OC1CCN(C(=O)NCCC(=O)N2CCCC2)CC1. The van der Waals surface area contributed by atoms with Crippen molar-refractivity contribution in [3.63, 3.8) is 0 Å². The van der Waals surface area contributed by atoms with Crippen LogP contribution in [0.1, 0.15) is 43.2 Å². The lowest BCUT2D eigenvalue weighted by Gasteiger charge is -2.32. The number of urea groups is 1. The fourth-order valence-corrected chi connectivity index (χ4v) is 3.84. The smallest absolute Gasteiger partial charge is 0.317 e. The van der Waals surface area contributed by atoms with Crippen LogP contribution in [-0.4, -0.2) is 60.6 Å². The number of nitrogens with zero attached hydrogens (tertiary/aromatic N) is 2. The summed E-state index contributed by atoms with van der Waals surface area (Å²) < 4.78 is 6.21. The van der Waals surface area contributed by atoms with Gasteiger partial charge in [-0.3, -0.25) is 4.79 Å². The summed E-state index contributed by atoms with van der Waals surface area (Å²) in [5.74, 6) is 1.12. The highest BCUT2D eigenvalue weighted by Crippen LogP contribution is 2.26. The number of piperidine rings is 1. The third-order valence-corrected chi connectivity index (χ3v) is 5.50. The Kier molecular flexibility index (Phi) is 6.58.